The summed E-state index contributed by atoms with van der Waals surface area (Å²) in [7, 11) is 1.69. The highest BCUT2D eigenvalue weighted by Gasteiger charge is 2.37. The second-order valence-electron chi connectivity index (χ2n) is 7.81. The Bertz CT molecular complexity index is 882. The number of ether oxygens (including phenoxy) is 1. The van der Waals surface area contributed by atoms with E-state index >= 15 is 0 Å². The highest BCUT2D eigenvalue weighted by molar-refractivity contribution is 5.83. The van der Waals surface area contributed by atoms with E-state index in [1.165, 1.54) is 27.8 Å². The minimum atomic E-state index is 0.0381. The van der Waals surface area contributed by atoms with Crippen molar-refractivity contribution in [1.29, 1.82) is 0 Å². The van der Waals surface area contributed by atoms with Crippen LogP contribution in [0.1, 0.15) is 61.8 Å². The van der Waals surface area contributed by atoms with Gasteiger partial charge in [-0.15, -0.1) is 0 Å². The molecule has 3 heteroatoms. The van der Waals surface area contributed by atoms with E-state index < -0.39 is 0 Å². The van der Waals surface area contributed by atoms with Gasteiger partial charge in [0.15, 0.2) is 0 Å². The van der Waals surface area contributed by atoms with Crippen molar-refractivity contribution in [2.45, 2.75) is 51.5 Å². The van der Waals surface area contributed by atoms with Crippen molar-refractivity contribution in [3.05, 3.63) is 70.8 Å². The molecule has 28 heavy (non-hydrogen) atoms. The molecule has 4 rings (SSSR count). The Hall–Kier alpha value is -2.55. The Balaban J connectivity index is 1.69. The van der Waals surface area contributed by atoms with Crippen LogP contribution in [0.3, 0.4) is 0 Å². The van der Waals surface area contributed by atoms with E-state index in [9.17, 15) is 4.79 Å². The molecule has 0 fully saturated rings. The summed E-state index contributed by atoms with van der Waals surface area (Å²) in [6, 6.07) is 17.0. The molecule has 0 aromatic heterocycles. The topological polar surface area (TPSA) is 29.5 Å². The summed E-state index contributed by atoms with van der Waals surface area (Å²) in [5, 5.41) is 0. The first-order chi connectivity index (χ1) is 13.7. The number of hydrogen-bond donors (Lipinski definition) is 0. The van der Waals surface area contributed by atoms with Crippen LogP contribution < -0.4 is 4.74 Å². The lowest BCUT2D eigenvalue weighted by Crippen LogP contribution is -2.39. The SMILES string of the molecule is CCCCCC(=O)N1CCC2=C(Cc3ccccc32)C1c1ccc(OC)cc1. The van der Waals surface area contributed by atoms with E-state index in [1.807, 2.05) is 12.1 Å². The van der Waals surface area contributed by atoms with Crippen LogP contribution >= 0.6 is 0 Å². The van der Waals surface area contributed by atoms with Crippen molar-refractivity contribution in [2.75, 3.05) is 13.7 Å². The lowest BCUT2D eigenvalue weighted by atomic mass is 9.88. The first-order valence-corrected chi connectivity index (χ1v) is 10.5. The highest BCUT2D eigenvalue weighted by atomic mass is 16.5. The average Bonchev–Trinajstić information content (AvgIpc) is 3.12. The summed E-state index contributed by atoms with van der Waals surface area (Å²) < 4.78 is 5.34. The van der Waals surface area contributed by atoms with E-state index in [4.69, 9.17) is 4.74 Å². The van der Waals surface area contributed by atoms with E-state index in [0.717, 1.165) is 44.4 Å². The summed E-state index contributed by atoms with van der Waals surface area (Å²) in [5.74, 6) is 1.14. The van der Waals surface area contributed by atoms with Gasteiger partial charge in [-0.25, -0.2) is 0 Å². The number of hydrogen-bond acceptors (Lipinski definition) is 2. The summed E-state index contributed by atoms with van der Waals surface area (Å²) >= 11 is 0. The van der Waals surface area contributed by atoms with E-state index in [0.29, 0.717) is 6.42 Å². The van der Waals surface area contributed by atoms with Gasteiger partial charge in [0.2, 0.25) is 5.91 Å². The molecule has 1 aliphatic heterocycles. The van der Waals surface area contributed by atoms with Crippen LogP contribution in [0.15, 0.2) is 54.1 Å². The average molecular weight is 376 g/mol. The Kier molecular flexibility index (Phi) is 5.52. The standard InChI is InChI=1S/C25H29NO2/c1-3-4-5-10-24(27)26-16-15-22-21-9-7-6-8-19(21)17-23(22)25(26)18-11-13-20(28-2)14-12-18/h6-9,11-14,25H,3-5,10,15-17H2,1-2H3. The molecule has 2 aromatic rings. The minimum absolute atomic E-state index is 0.0381. The number of amides is 1. The van der Waals surface area contributed by atoms with Gasteiger partial charge in [0, 0.05) is 13.0 Å². The normalized spacial score (nSPS) is 18.1. The summed E-state index contributed by atoms with van der Waals surface area (Å²) in [6.07, 6.45) is 5.79. The minimum Gasteiger partial charge on any atom is -0.497 e. The Morgan fingerprint density at radius 2 is 1.89 bits per heavy atom. The maximum absolute atomic E-state index is 13.1. The van der Waals surface area contributed by atoms with Crippen molar-refractivity contribution in [3.63, 3.8) is 0 Å². The third kappa shape index (κ3) is 3.46. The van der Waals surface area contributed by atoms with E-state index in [1.54, 1.807) is 7.11 Å². The number of benzene rings is 2. The van der Waals surface area contributed by atoms with Crippen LogP contribution in [0, 0.1) is 0 Å². The first kappa shape index (κ1) is 18.8. The molecule has 1 aliphatic carbocycles. The van der Waals surface area contributed by atoms with Crippen LogP contribution in [0.4, 0.5) is 0 Å². The molecule has 0 saturated heterocycles. The smallest absolute Gasteiger partial charge is 0.223 e. The molecular formula is C25H29NO2. The molecule has 1 heterocycles. The van der Waals surface area contributed by atoms with Crippen molar-refractivity contribution < 1.29 is 9.53 Å². The molecule has 2 aromatic carbocycles. The zero-order valence-corrected chi connectivity index (χ0v) is 16.9. The Morgan fingerprint density at radius 1 is 1.11 bits per heavy atom. The Morgan fingerprint density at radius 3 is 2.64 bits per heavy atom. The molecule has 0 spiro atoms. The van der Waals surface area contributed by atoms with Crippen LogP contribution in [0.25, 0.3) is 5.57 Å². The third-order valence-electron chi connectivity index (χ3n) is 6.10. The number of unbranched alkanes of at least 4 members (excludes halogenated alkanes) is 2. The number of methoxy groups -OCH3 is 1. The van der Waals surface area contributed by atoms with Gasteiger partial charge >= 0.3 is 0 Å². The number of carbonyl (C=O) groups excluding carboxylic acids is 1. The van der Waals surface area contributed by atoms with Crippen LogP contribution in [-0.4, -0.2) is 24.5 Å². The van der Waals surface area contributed by atoms with Gasteiger partial charge in [0.05, 0.1) is 13.2 Å². The second-order valence-corrected chi connectivity index (χ2v) is 7.81. The zero-order valence-electron chi connectivity index (χ0n) is 16.9. The van der Waals surface area contributed by atoms with Gasteiger partial charge in [0.25, 0.3) is 0 Å². The lowest BCUT2D eigenvalue weighted by molar-refractivity contribution is -0.133. The molecule has 1 unspecified atom stereocenters. The number of nitrogens with zero attached hydrogens (tertiary/aromatic N) is 1. The van der Waals surface area contributed by atoms with Crippen molar-refractivity contribution in [3.8, 4) is 5.75 Å². The fourth-order valence-electron chi connectivity index (χ4n) is 4.67. The molecule has 1 atom stereocenters. The maximum atomic E-state index is 13.1. The lowest BCUT2D eigenvalue weighted by Gasteiger charge is -2.38. The fourth-order valence-corrected chi connectivity index (χ4v) is 4.67. The summed E-state index contributed by atoms with van der Waals surface area (Å²) in [4.78, 5) is 15.2. The van der Waals surface area contributed by atoms with Gasteiger partial charge in [-0.1, -0.05) is 56.2 Å². The number of rotatable bonds is 6. The second kappa shape index (κ2) is 8.22. The van der Waals surface area contributed by atoms with Crippen LogP contribution in [-0.2, 0) is 11.2 Å². The predicted molar refractivity (Wildman–Crippen MR) is 113 cm³/mol. The molecular weight excluding hydrogens is 346 g/mol. The molecule has 2 aliphatic rings. The van der Waals surface area contributed by atoms with Crippen LogP contribution in [0.5, 0.6) is 5.75 Å². The van der Waals surface area contributed by atoms with Crippen molar-refractivity contribution >= 4 is 11.5 Å². The number of fused-ring (bicyclic) bond motifs is 2. The third-order valence-corrected chi connectivity index (χ3v) is 6.10. The summed E-state index contributed by atoms with van der Waals surface area (Å²) in [6.45, 7) is 2.98. The molecule has 3 nitrogen and oxygen atoms in total. The molecule has 0 bridgehead atoms. The molecule has 0 radical (unpaired) electrons. The van der Waals surface area contributed by atoms with Crippen LogP contribution in [0.2, 0.25) is 0 Å². The molecule has 146 valence electrons. The predicted octanol–water partition coefficient (Wildman–Crippen LogP) is 5.56. The monoisotopic (exact) mass is 375 g/mol. The maximum Gasteiger partial charge on any atom is 0.223 e. The number of carbonyl (C=O) groups is 1. The van der Waals surface area contributed by atoms with Gasteiger partial charge < -0.3 is 9.64 Å². The summed E-state index contributed by atoms with van der Waals surface area (Å²) in [5.41, 5.74) is 6.82. The molecule has 0 saturated carbocycles. The van der Waals surface area contributed by atoms with Gasteiger partial charge in [-0.3, -0.25) is 4.79 Å². The fraction of sp³-hybridized carbons (Fsp3) is 0.400. The van der Waals surface area contributed by atoms with Gasteiger partial charge in [0.1, 0.15) is 5.75 Å². The molecule has 1 amide bonds. The molecule has 0 N–H and O–H groups in total. The quantitative estimate of drug-likeness (QED) is 0.619. The van der Waals surface area contributed by atoms with Gasteiger partial charge in [-0.05, 0) is 59.2 Å². The largest absolute Gasteiger partial charge is 0.497 e. The first-order valence-electron chi connectivity index (χ1n) is 10.5. The Labute approximate surface area is 168 Å². The zero-order chi connectivity index (χ0) is 19.5. The van der Waals surface area contributed by atoms with E-state index in [2.05, 4.69) is 48.2 Å². The van der Waals surface area contributed by atoms with E-state index in [-0.39, 0.29) is 11.9 Å². The van der Waals surface area contributed by atoms with Gasteiger partial charge in [-0.2, -0.15) is 0 Å². The highest BCUT2D eigenvalue weighted by Crippen LogP contribution is 2.47. The van der Waals surface area contributed by atoms with Crippen molar-refractivity contribution in [2.24, 2.45) is 0 Å². The van der Waals surface area contributed by atoms with Crippen molar-refractivity contribution in [1.82, 2.24) is 4.90 Å².